The van der Waals surface area contributed by atoms with Gasteiger partial charge in [-0.05, 0) is 52.3 Å². The first kappa shape index (κ1) is 11.5. The Morgan fingerprint density at radius 3 is 2.50 bits per heavy atom. The maximum Gasteiger partial charge on any atom is 0.122 e. The highest BCUT2D eigenvalue weighted by atomic mass is 79.9. The zero-order valence-electron chi connectivity index (χ0n) is 8.87. The Balaban J connectivity index is 1.94. The van der Waals surface area contributed by atoms with Gasteiger partial charge in [0.05, 0.1) is 3.79 Å². The van der Waals surface area contributed by atoms with E-state index in [0.717, 1.165) is 15.2 Å². The van der Waals surface area contributed by atoms with E-state index in [0.29, 0.717) is 6.61 Å². The van der Waals surface area contributed by atoms with E-state index in [-0.39, 0.29) is 0 Å². The molecule has 1 heterocycles. The van der Waals surface area contributed by atoms with E-state index in [4.69, 9.17) is 4.74 Å². The average Bonchev–Trinajstić information content (AvgIpc) is 2.73. The number of hydrogen-bond donors (Lipinski definition) is 1. The minimum atomic E-state index is 0.620. The zero-order chi connectivity index (χ0) is 11.4. The monoisotopic (exact) mass is 297 g/mol. The molecule has 2 nitrogen and oxygen atoms in total. The normalized spacial score (nSPS) is 10.1. The molecule has 1 N–H and O–H groups in total. The Hall–Kier alpha value is -1.00. The fraction of sp³-hybridized carbons (Fsp3) is 0.167. The van der Waals surface area contributed by atoms with E-state index < -0.39 is 0 Å². The van der Waals surface area contributed by atoms with Crippen LogP contribution in [0.3, 0.4) is 0 Å². The summed E-state index contributed by atoms with van der Waals surface area (Å²) < 4.78 is 6.80. The molecule has 0 bridgehead atoms. The highest BCUT2D eigenvalue weighted by molar-refractivity contribution is 9.11. The Morgan fingerprint density at radius 1 is 1.19 bits per heavy atom. The summed E-state index contributed by atoms with van der Waals surface area (Å²) in [6.07, 6.45) is 0. The van der Waals surface area contributed by atoms with Crippen LogP contribution in [0.25, 0.3) is 0 Å². The second-order valence-electron chi connectivity index (χ2n) is 3.27. The highest BCUT2D eigenvalue weighted by Crippen LogP contribution is 2.24. The zero-order valence-corrected chi connectivity index (χ0v) is 11.3. The van der Waals surface area contributed by atoms with Gasteiger partial charge in [-0.1, -0.05) is 0 Å². The summed E-state index contributed by atoms with van der Waals surface area (Å²) in [5.74, 6) is 0.892. The summed E-state index contributed by atoms with van der Waals surface area (Å²) in [6.45, 7) is 0.620. The SMILES string of the molecule is CNc1ccc(OCc2ccc(Br)s2)cc1. The maximum absolute atomic E-state index is 5.67. The molecular weight excluding hydrogens is 286 g/mol. The number of anilines is 1. The molecule has 2 rings (SSSR count). The van der Waals surface area contributed by atoms with E-state index in [1.807, 2.05) is 37.4 Å². The van der Waals surface area contributed by atoms with Crippen molar-refractivity contribution < 1.29 is 4.74 Å². The third kappa shape index (κ3) is 3.00. The minimum Gasteiger partial charge on any atom is -0.488 e. The summed E-state index contributed by atoms with van der Waals surface area (Å²) in [7, 11) is 1.90. The number of thiophene rings is 1. The van der Waals surface area contributed by atoms with Crippen LogP contribution in [0, 0.1) is 0 Å². The van der Waals surface area contributed by atoms with E-state index in [2.05, 4.69) is 27.3 Å². The van der Waals surface area contributed by atoms with Crippen LogP contribution in [0.2, 0.25) is 0 Å². The molecule has 0 atom stereocenters. The van der Waals surface area contributed by atoms with Gasteiger partial charge >= 0.3 is 0 Å². The predicted molar refractivity (Wildman–Crippen MR) is 72.3 cm³/mol. The fourth-order valence-corrected chi connectivity index (χ4v) is 2.70. The number of halogens is 1. The molecular formula is C12H12BrNOS. The van der Waals surface area contributed by atoms with Gasteiger partial charge in [-0.3, -0.25) is 0 Å². The van der Waals surface area contributed by atoms with Crippen LogP contribution in [0.4, 0.5) is 5.69 Å². The topological polar surface area (TPSA) is 21.3 Å². The van der Waals surface area contributed by atoms with Crippen molar-refractivity contribution in [2.24, 2.45) is 0 Å². The highest BCUT2D eigenvalue weighted by Gasteiger charge is 1.99. The lowest BCUT2D eigenvalue weighted by molar-refractivity contribution is 0.310. The smallest absolute Gasteiger partial charge is 0.122 e. The summed E-state index contributed by atoms with van der Waals surface area (Å²) in [5.41, 5.74) is 1.09. The van der Waals surface area contributed by atoms with Crippen LogP contribution in [0.5, 0.6) is 5.75 Å². The Bertz CT molecular complexity index is 452. The van der Waals surface area contributed by atoms with Crippen LogP contribution in [-0.4, -0.2) is 7.05 Å². The van der Waals surface area contributed by atoms with Crippen molar-refractivity contribution in [2.75, 3.05) is 12.4 Å². The first-order chi connectivity index (χ1) is 7.78. The molecule has 0 unspecified atom stereocenters. The molecule has 0 radical (unpaired) electrons. The van der Waals surface area contributed by atoms with Crippen molar-refractivity contribution in [3.05, 3.63) is 45.1 Å². The molecule has 0 aliphatic rings. The molecule has 0 aliphatic carbocycles. The van der Waals surface area contributed by atoms with E-state index in [1.165, 1.54) is 4.88 Å². The summed E-state index contributed by atoms with van der Waals surface area (Å²) in [5, 5.41) is 3.07. The molecule has 84 valence electrons. The molecule has 0 saturated heterocycles. The minimum absolute atomic E-state index is 0.620. The molecule has 0 fully saturated rings. The number of rotatable bonds is 4. The second kappa shape index (κ2) is 5.37. The van der Waals surface area contributed by atoms with Crippen molar-refractivity contribution in [2.45, 2.75) is 6.61 Å². The third-order valence-corrected chi connectivity index (χ3v) is 3.75. The van der Waals surface area contributed by atoms with Crippen LogP contribution in [0.1, 0.15) is 4.88 Å². The fourth-order valence-electron chi connectivity index (χ4n) is 1.30. The lowest BCUT2D eigenvalue weighted by Crippen LogP contribution is -1.93. The first-order valence-corrected chi connectivity index (χ1v) is 6.54. The average molecular weight is 298 g/mol. The van der Waals surface area contributed by atoms with Gasteiger partial charge in [0.25, 0.3) is 0 Å². The lowest BCUT2D eigenvalue weighted by Gasteiger charge is -2.05. The Labute approximate surface area is 107 Å². The molecule has 2 aromatic rings. The van der Waals surface area contributed by atoms with Crippen LogP contribution in [-0.2, 0) is 6.61 Å². The van der Waals surface area contributed by atoms with E-state index >= 15 is 0 Å². The predicted octanol–water partition coefficient (Wildman–Crippen LogP) is 4.13. The Morgan fingerprint density at radius 2 is 1.94 bits per heavy atom. The largest absolute Gasteiger partial charge is 0.488 e. The van der Waals surface area contributed by atoms with Gasteiger partial charge in [-0.15, -0.1) is 11.3 Å². The van der Waals surface area contributed by atoms with Crippen molar-refractivity contribution in [1.29, 1.82) is 0 Å². The molecule has 1 aromatic heterocycles. The van der Waals surface area contributed by atoms with Crippen LogP contribution < -0.4 is 10.1 Å². The van der Waals surface area contributed by atoms with Gasteiger partial charge < -0.3 is 10.1 Å². The molecule has 16 heavy (non-hydrogen) atoms. The van der Waals surface area contributed by atoms with Gasteiger partial charge in [0.1, 0.15) is 12.4 Å². The quantitative estimate of drug-likeness (QED) is 0.916. The number of ether oxygens (including phenoxy) is 1. The molecule has 1 aromatic carbocycles. The first-order valence-electron chi connectivity index (χ1n) is 4.93. The van der Waals surface area contributed by atoms with E-state index in [9.17, 15) is 0 Å². The third-order valence-electron chi connectivity index (χ3n) is 2.15. The summed E-state index contributed by atoms with van der Waals surface area (Å²) in [4.78, 5) is 1.21. The number of nitrogens with one attached hydrogen (secondary N) is 1. The molecule has 4 heteroatoms. The standard InChI is InChI=1S/C12H12BrNOS/c1-14-9-2-4-10(5-3-9)15-8-11-6-7-12(13)16-11/h2-7,14H,8H2,1H3. The van der Waals surface area contributed by atoms with Crippen molar-refractivity contribution in [1.82, 2.24) is 0 Å². The number of benzene rings is 1. The summed E-state index contributed by atoms with van der Waals surface area (Å²) >= 11 is 5.13. The summed E-state index contributed by atoms with van der Waals surface area (Å²) in [6, 6.07) is 12.0. The van der Waals surface area contributed by atoms with Crippen molar-refractivity contribution in [3.8, 4) is 5.75 Å². The number of hydrogen-bond acceptors (Lipinski definition) is 3. The van der Waals surface area contributed by atoms with Gasteiger partial charge in [0.2, 0.25) is 0 Å². The maximum atomic E-state index is 5.67. The molecule has 0 saturated carbocycles. The van der Waals surface area contributed by atoms with Crippen molar-refractivity contribution in [3.63, 3.8) is 0 Å². The van der Waals surface area contributed by atoms with Gasteiger partial charge in [0, 0.05) is 17.6 Å². The van der Waals surface area contributed by atoms with Crippen LogP contribution >= 0.6 is 27.3 Å². The van der Waals surface area contributed by atoms with Crippen molar-refractivity contribution >= 4 is 33.0 Å². The van der Waals surface area contributed by atoms with Crippen LogP contribution in [0.15, 0.2) is 40.2 Å². The Kier molecular flexibility index (Phi) is 3.85. The molecule has 0 aliphatic heterocycles. The van der Waals surface area contributed by atoms with Gasteiger partial charge in [0.15, 0.2) is 0 Å². The van der Waals surface area contributed by atoms with Gasteiger partial charge in [-0.2, -0.15) is 0 Å². The lowest BCUT2D eigenvalue weighted by atomic mass is 10.3. The van der Waals surface area contributed by atoms with E-state index in [1.54, 1.807) is 11.3 Å². The van der Waals surface area contributed by atoms with Gasteiger partial charge in [-0.25, -0.2) is 0 Å². The molecule has 0 spiro atoms. The second-order valence-corrected chi connectivity index (χ2v) is 5.82. The molecule has 0 amide bonds.